The predicted molar refractivity (Wildman–Crippen MR) is 186 cm³/mol. The summed E-state index contributed by atoms with van der Waals surface area (Å²) in [7, 11) is 3.10. The smallest absolute Gasteiger partial charge is 0.338 e. The van der Waals surface area contributed by atoms with E-state index in [9.17, 15) is 9.59 Å². The van der Waals surface area contributed by atoms with Gasteiger partial charge in [0.05, 0.1) is 53.2 Å². The molecule has 246 valence electrons. The molecule has 3 aromatic carbocycles. The number of carbonyl (C=O) groups excluding carboxylic acids is 1. The van der Waals surface area contributed by atoms with E-state index in [0.29, 0.717) is 65.3 Å². The number of benzene rings is 3. The lowest BCUT2D eigenvalue weighted by Gasteiger charge is -2.25. The fraction of sp³-hybridized carbons (Fsp3) is 0.286. The molecule has 47 heavy (non-hydrogen) atoms. The first kappa shape index (κ1) is 34.3. The highest BCUT2D eigenvalue weighted by Crippen LogP contribution is 2.38. The Kier molecular flexibility index (Phi) is 10.8. The van der Waals surface area contributed by atoms with E-state index < -0.39 is 12.0 Å². The van der Waals surface area contributed by atoms with Crippen LogP contribution in [0.15, 0.2) is 80.1 Å². The van der Waals surface area contributed by atoms with Crippen LogP contribution >= 0.6 is 38.9 Å². The Morgan fingerprint density at radius 1 is 1.06 bits per heavy atom. The van der Waals surface area contributed by atoms with Gasteiger partial charge in [-0.3, -0.25) is 9.36 Å². The minimum Gasteiger partial charge on any atom is -0.493 e. The molecule has 0 N–H and O–H groups in total. The molecule has 0 saturated heterocycles. The van der Waals surface area contributed by atoms with Crippen LogP contribution < -0.4 is 33.8 Å². The maximum absolute atomic E-state index is 14.2. The van der Waals surface area contributed by atoms with Gasteiger partial charge >= 0.3 is 5.97 Å². The third-order valence-corrected chi connectivity index (χ3v) is 9.05. The molecule has 5 rings (SSSR count). The van der Waals surface area contributed by atoms with Gasteiger partial charge in [0.1, 0.15) is 6.61 Å². The minimum absolute atomic E-state index is 0.0765. The Balaban J connectivity index is 1.59. The highest BCUT2D eigenvalue weighted by molar-refractivity contribution is 9.10. The number of hydrogen-bond donors (Lipinski definition) is 0. The average Bonchev–Trinajstić information content (AvgIpc) is 3.34. The van der Waals surface area contributed by atoms with Gasteiger partial charge in [-0.25, -0.2) is 9.79 Å². The van der Waals surface area contributed by atoms with Crippen molar-refractivity contribution < 1.29 is 28.5 Å². The lowest BCUT2D eigenvalue weighted by Crippen LogP contribution is -2.40. The van der Waals surface area contributed by atoms with Crippen LogP contribution in [0.4, 0.5) is 0 Å². The number of nitrogens with zero attached hydrogens (tertiary/aromatic N) is 2. The first-order chi connectivity index (χ1) is 22.5. The topological polar surface area (TPSA) is 97.6 Å². The number of fused-ring (bicyclic) bond motifs is 1. The minimum atomic E-state index is -0.806. The third kappa shape index (κ3) is 7.42. The van der Waals surface area contributed by atoms with E-state index in [1.807, 2.05) is 38.1 Å². The standard InChI is InChI=1S/C35H34BrClN2O7S/c1-7-44-34(41)30-20(4)38-35-39(31(30)23-10-13-26(46-19(2)3)27(17-23)42-5)33(40)29(47-35)16-22-14-25(36)32(28(15-22)43-6)45-18-21-8-11-24(37)12-9-21/h8-17,19,31H,7,18H2,1-6H3/b29-16-/t31-/m0/s1. The van der Waals surface area contributed by atoms with Crippen LogP contribution in [0.1, 0.15) is 50.4 Å². The second-order valence-corrected chi connectivity index (χ2v) is 13.1. The van der Waals surface area contributed by atoms with Crippen molar-refractivity contribution in [1.82, 2.24) is 4.57 Å². The van der Waals surface area contributed by atoms with E-state index in [2.05, 4.69) is 20.9 Å². The number of allylic oxidation sites excluding steroid dienone is 1. The van der Waals surface area contributed by atoms with E-state index >= 15 is 0 Å². The maximum atomic E-state index is 14.2. The molecule has 1 atom stereocenters. The van der Waals surface area contributed by atoms with Gasteiger partial charge in [-0.2, -0.15) is 0 Å². The van der Waals surface area contributed by atoms with Crippen LogP contribution in [0.25, 0.3) is 6.08 Å². The van der Waals surface area contributed by atoms with E-state index in [-0.39, 0.29) is 23.8 Å². The summed E-state index contributed by atoms with van der Waals surface area (Å²) >= 11 is 10.8. The Bertz CT molecular complexity index is 2020. The lowest BCUT2D eigenvalue weighted by atomic mass is 9.95. The monoisotopic (exact) mass is 740 g/mol. The van der Waals surface area contributed by atoms with E-state index in [4.69, 9.17) is 35.3 Å². The van der Waals surface area contributed by atoms with Crippen molar-refractivity contribution in [3.63, 3.8) is 0 Å². The zero-order valence-corrected chi connectivity index (χ0v) is 29.9. The summed E-state index contributed by atoms with van der Waals surface area (Å²) in [5.41, 5.74) is 2.72. The number of thiazole rings is 1. The van der Waals surface area contributed by atoms with Gasteiger partial charge in [-0.1, -0.05) is 41.1 Å². The quantitative estimate of drug-likeness (QED) is 0.160. The molecule has 0 fully saturated rings. The van der Waals surface area contributed by atoms with Crippen molar-refractivity contribution in [3.8, 4) is 23.0 Å². The number of hydrogen-bond acceptors (Lipinski definition) is 9. The third-order valence-electron chi connectivity index (χ3n) is 7.23. The molecular weight excluding hydrogens is 708 g/mol. The largest absolute Gasteiger partial charge is 0.493 e. The normalized spacial score (nSPS) is 14.5. The molecular formula is C35H34BrClN2O7S. The van der Waals surface area contributed by atoms with Crippen molar-refractivity contribution in [1.29, 1.82) is 0 Å². The molecule has 9 nitrogen and oxygen atoms in total. The highest BCUT2D eigenvalue weighted by Gasteiger charge is 2.34. The first-order valence-electron chi connectivity index (χ1n) is 14.8. The van der Waals surface area contributed by atoms with Crippen LogP contribution in [0, 0.1) is 0 Å². The van der Waals surface area contributed by atoms with Gasteiger partial charge in [0, 0.05) is 5.02 Å². The van der Waals surface area contributed by atoms with Crippen molar-refractivity contribution >= 4 is 50.9 Å². The maximum Gasteiger partial charge on any atom is 0.338 e. The Morgan fingerprint density at radius 3 is 2.45 bits per heavy atom. The fourth-order valence-corrected chi connectivity index (χ4v) is 6.91. The summed E-state index contributed by atoms with van der Waals surface area (Å²) in [5.74, 6) is 1.50. The Labute approximate surface area is 289 Å². The molecule has 12 heteroatoms. The van der Waals surface area contributed by atoms with E-state index in [1.54, 1.807) is 64.5 Å². The number of carbonyl (C=O) groups is 1. The average molecular weight is 742 g/mol. The van der Waals surface area contributed by atoms with Crippen LogP contribution in [0.2, 0.25) is 5.02 Å². The number of esters is 1. The van der Waals surface area contributed by atoms with Crippen LogP contribution in [0.5, 0.6) is 23.0 Å². The van der Waals surface area contributed by atoms with Gasteiger partial charge < -0.3 is 23.7 Å². The highest BCUT2D eigenvalue weighted by atomic mass is 79.9. The summed E-state index contributed by atoms with van der Waals surface area (Å²) in [4.78, 5) is 32.6. The fourth-order valence-electron chi connectivity index (χ4n) is 5.16. The molecule has 0 radical (unpaired) electrons. The first-order valence-corrected chi connectivity index (χ1v) is 16.8. The van der Waals surface area contributed by atoms with Gasteiger partial charge in [0.15, 0.2) is 27.8 Å². The molecule has 0 spiro atoms. The van der Waals surface area contributed by atoms with Crippen LogP contribution in [-0.2, 0) is 16.1 Å². The van der Waals surface area contributed by atoms with Gasteiger partial charge in [0.2, 0.25) is 0 Å². The zero-order valence-electron chi connectivity index (χ0n) is 26.8. The summed E-state index contributed by atoms with van der Waals surface area (Å²) in [5, 5.41) is 0.648. The SMILES string of the molecule is CCOC(=O)C1=C(C)N=c2s/c(=C\c3cc(Br)c(OCc4ccc(Cl)cc4)c(OC)c3)c(=O)n2[C@H]1c1ccc(OC(C)C)c(OC)c1. The Morgan fingerprint density at radius 2 is 1.79 bits per heavy atom. The number of halogens is 2. The molecule has 0 unspecified atom stereocenters. The number of ether oxygens (including phenoxy) is 5. The number of methoxy groups -OCH3 is 2. The molecule has 1 aromatic heterocycles. The van der Waals surface area contributed by atoms with Gasteiger partial charge in [0.25, 0.3) is 5.56 Å². The summed E-state index contributed by atoms with van der Waals surface area (Å²) in [6.45, 7) is 7.81. The lowest BCUT2D eigenvalue weighted by molar-refractivity contribution is -0.139. The molecule has 1 aliphatic rings. The molecule has 0 saturated carbocycles. The van der Waals surface area contributed by atoms with E-state index in [0.717, 1.165) is 5.56 Å². The van der Waals surface area contributed by atoms with Gasteiger partial charge in [-0.15, -0.1) is 0 Å². The summed E-state index contributed by atoms with van der Waals surface area (Å²) in [6, 6.07) is 15.6. The molecule has 1 aliphatic heterocycles. The molecule has 0 aliphatic carbocycles. The number of aromatic nitrogens is 1. The second-order valence-electron chi connectivity index (χ2n) is 10.8. The molecule has 0 amide bonds. The number of rotatable bonds is 11. The van der Waals surface area contributed by atoms with Crippen molar-refractivity contribution in [2.75, 3.05) is 20.8 Å². The Hall–Kier alpha value is -4.06. The predicted octanol–water partition coefficient (Wildman–Crippen LogP) is 6.60. The van der Waals surface area contributed by atoms with Crippen LogP contribution in [0.3, 0.4) is 0 Å². The van der Waals surface area contributed by atoms with Crippen molar-refractivity contribution in [3.05, 3.63) is 112 Å². The second kappa shape index (κ2) is 14.8. The molecule has 4 aromatic rings. The molecule has 2 heterocycles. The zero-order chi connectivity index (χ0) is 33.8. The van der Waals surface area contributed by atoms with Crippen molar-refractivity contribution in [2.24, 2.45) is 4.99 Å². The van der Waals surface area contributed by atoms with Crippen molar-refractivity contribution in [2.45, 2.75) is 46.4 Å². The molecule has 0 bridgehead atoms. The van der Waals surface area contributed by atoms with Crippen LogP contribution in [-0.4, -0.2) is 37.5 Å². The summed E-state index contributed by atoms with van der Waals surface area (Å²) < 4.78 is 31.3. The van der Waals surface area contributed by atoms with Gasteiger partial charge in [-0.05, 0) is 103 Å². The van der Waals surface area contributed by atoms with E-state index in [1.165, 1.54) is 15.9 Å². The summed E-state index contributed by atoms with van der Waals surface area (Å²) in [6.07, 6.45) is 1.69.